The van der Waals surface area contributed by atoms with Gasteiger partial charge in [0, 0.05) is 25.3 Å². The van der Waals surface area contributed by atoms with Crippen molar-refractivity contribution in [1.29, 1.82) is 0 Å². The molecule has 0 fully saturated rings. The fourth-order valence-electron chi connectivity index (χ4n) is 2.71. The van der Waals surface area contributed by atoms with E-state index in [1.807, 2.05) is 104 Å². The molecular formula is C23H21NO. The van der Waals surface area contributed by atoms with E-state index in [1.165, 1.54) is 0 Å². The van der Waals surface area contributed by atoms with Crippen LogP contribution >= 0.6 is 0 Å². The number of rotatable bonds is 5. The van der Waals surface area contributed by atoms with Crippen LogP contribution in [0, 0.1) is 0 Å². The average Bonchev–Trinajstić information content (AvgIpc) is 2.67. The van der Waals surface area contributed by atoms with Crippen molar-refractivity contribution in [2.75, 3.05) is 19.0 Å². The molecule has 0 N–H and O–H groups in total. The molecule has 3 aromatic carbocycles. The molecule has 0 aromatic heterocycles. The fraction of sp³-hybridized carbons (Fsp3) is 0.0870. The van der Waals surface area contributed by atoms with Gasteiger partial charge in [0.05, 0.1) is 0 Å². The Morgan fingerprint density at radius 1 is 0.680 bits per heavy atom. The molecule has 0 saturated carbocycles. The summed E-state index contributed by atoms with van der Waals surface area (Å²) in [6, 6.07) is 27.7. The number of carbonyl (C=O) groups is 1. The Hall–Kier alpha value is -3.13. The Labute approximate surface area is 149 Å². The van der Waals surface area contributed by atoms with Crippen LogP contribution in [0.5, 0.6) is 0 Å². The minimum atomic E-state index is 0.00742. The van der Waals surface area contributed by atoms with Gasteiger partial charge in [0.2, 0.25) is 0 Å². The standard InChI is InChI=1S/C23H21NO/c1-24(2)21-15-13-20(14-16-21)23(25)17-22(18-9-5-3-6-10-18)19-11-7-4-8-12-19/h3-17H,1-2H3. The Morgan fingerprint density at radius 2 is 1.16 bits per heavy atom. The molecule has 0 saturated heterocycles. The lowest BCUT2D eigenvalue weighted by atomic mass is 9.95. The van der Waals surface area contributed by atoms with E-state index in [4.69, 9.17) is 0 Å². The first-order chi connectivity index (χ1) is 12.1. The van der Waals surface area contributed by atoms with Crippen molar-refractivity contribution in [1.82, 2.24) is 0 Å². The Morgan fingerprint density at radius 3 is 1.60 bits per heavy atom. The minimum absolute atomic E-state index is 0.00742. The topological polar surface area (TPSA) is 20.3 Å². The van der Waals surface area contributed by atoms with Crippen LogP contribution < -0.4 is 4.90 Å². The molecule has 0 heterocycles. The highest BCUT2D eigenvalue weighted by Gasteiger charge is 2.09. The minimum Gasteiger partial charge on any atom is -0.378 e. The summed E-state index contributed by atoms with van der Waals surface area (Å²) in [5.41, 5.74) is 4.77. The second-order valence-corrected chi connectivity index (χ2v) is 6.10. The maximum absolute atomic E-state index is 12.8. The first-order valence-electron chi connectivity index (χ1n) is 8.29. The number of carbonyl (C=O) groups excluding carboxylic acids is 1. The second-order valence-electron chi connectivity index (χ2n) is 6.10. The van der Waals surface area contributed by atoms with E-state index in [9.17, 15) is 4.79 Å². The lowest BCUT2D eigenvalue weighted by molar-refractivity contribution is 0.104. The lowest BCUT2D eigenvalue weighted by Crippen LogP contribution is -2.08. The van der Waals surface area contributed by atoms with E-state index in [0.717, 1.165) is 22.4 Å². The van der Waals surface area contributed by atoms with Crippen molar-refractivity contribution in [3.8, 4) is 0 Å². The highest BCUT2D eigenvalue weighted by Crippen LogP contribution is 2.24. The van der Waals surface area contributed by atoms with Crippen molar-refractivity contribution in [2.45, 2.75) is 0 Å². The van der Waals surface area contributed by atoms with Gasteiger partial charge in [-0.3, -0.25) is 4.79 Å². The zero-order valence-corrected chi connectivity index (χ0v) is 14.5. The third-order valence-electron chi connectivity index (χ3n) is 4.11. The zero-order chi connectivity index (χ0) is 17.6. The number of allylic oxidation sites excluding steroid dienone is 1. The van der Waals surface area contributed by atoms with Crippen LogP contribution in [-0.2, 0) is 0 Å². The summed E-state index contributed by atoms with van der Waals surface area (Å²) < 4.78 is 0. The average molecular weight is 327 g/mol. The molecule has 3 aromatic rings. The maximum atomic E-state index is 12.8. The van der Waals surface area contributed by atoms with Gasteiger partial charge >= 0.3 is 0 Å². The van der Waals surface area contributed by atoms with Gasteiger partial charge in [-0.05, 0) is 47.0 Å². The Balaban J connectivity index is 1.99. The maximum Gasteiger partial charge on any atom is 0.186 e. The molecule has 0 amide bonds. The van der Waals surface area contributed by atoms with Gasteiger partial charge in [0.1, 0.15) is 0 Å². The van der Waals surface area contributed by atoms with Crippen molar-refractivity contribution < 1.29 is 4.79 Å². The van der Waals surface area contributed by atoms with Crippen LogP contribution in [-0.4, -0.2) is 19.9 Å². The number of anilines is 1. The van der Waals surface area contributed by atoms with Gasteiger partial charge in [0.15, 0.2) is 5.78 Å². The van der Waals surface area contributed by atoms with E-state index in [0.29, 0.717) is 5.56 Å². The van der Waals surface area contributed by atoms with Crippen molar-refractivity contribution in [3.63, 3.8) is 0 Å². The normalized spacial score (nSPS) is 10.2. The molecule has 0 unspecified atom stereocenters. The van der Waals surface area contributed by atoms with Crippen LogP contribution in [0.1, 0.15) is 21.5 Å². The molecular weight excluding hydrogens is 306 g/mol. The van der Waals surface area contributed by atoms with Crippen LogP contribution in [0.25, 0.3) is 5.57 Å². The second kappa shape index (κ2) is 7.63. The SMILES string of the molecule is CN(C)c1ccc(C(=O)C=C(c2ccccc2)c2ccccc2)cc1. The molecule has 2 nitrogen and oxygen atoms in total. The van der Waals surface area contributed by atoms with Crippen LogP contribution in [0.3, 0.4) is 0 Å². The fourth-order valence-corrected chi connectivity index (χ4v) is 2.71. The van der Waals surface area contributed by atoms with Crippen LogP contribution in [0.2, 0.25) is 0 Å². The third-order valence-corrected chi connectivity index (χ3v) is 4.11. The number of hydrogen-bond donors (Lipinski definition) is 0. The Bertz CT molecular complexity index is 821. The van der Waals surface area contributed by atoms with Gasteiger partial charge in [-0.2, -0.15) is 0 Å². The van der Waals surface area contributed by atoms with Gasteiger partial charge in [-0.15, -0.1) is 0 Å². The van der Waals surface area contributed by atoms with Crippen LogP contribution in [0.15, 0.2) is 91.0 Å². The van der Waals surface area contributed by atoms with E-state index < -0.39 is 0 Å². The van der Waals surface area contributed by atoms with Crippen LogP contribution in [0.4, 0.5) is 5.69 Å². The van der Waals surface area contributed by atoms with E-state index in [2.05, 4.69) is 0 Å². The zero-order valence-electron chi connectivity index (χ0n) is 14.5. The molecule has 0 spiro atoms. The van der Waals surface area contributed by atoms with Crippen molar-refractivity contribution >= 4 is 17.0 Å². The monoisotopic (exact) mass is 327 g/mol. The lowest BCUT2D eigenvalue weighted by Gasteiger charge is -2.12. The summed E-state index contributed by atoms with van der Waals surface area (Å²) in [7, 11) is 3.97. The molecule has 0 aliphatic carbocycles. The highest BCUT2D eigenvalue weighted by molar-refractivity contribution is 6.10. The van der Waals surface area contributed by atoms with Gasteiger partial charge < -0.3 is 4.90 Å². The van der Waals surface area contributed by atoms with E-state index in [-0.39, 0.29) is 5.78 Å². The number of hydrogen-bond acceptors (Lipinski definition) is 2. The van der Waals surface area contributed by atoms with Gasteiger partial charge in [-0.25, -0.2) is 0 Å². The number of ketones is 1. The molecule has 124 valence electrons. The Kier molecular flexibility index (Phi) is 5.10. The molecule has 0 radical (unpaired) electrons. The van der Waals surface area contributed by atoms with Gasteiger partial charge in [0.25, 0.3) is 0 Å². The molecule has 3 rings (SSSR count). The number of benzene rings is 3. The predicted octanol–water partition coefficient (Wildman–Crippen LogP) is 5.07. The summed E-state index contributed by atoms with van der Waals surface area (Å²) in [4.78, 5) is 14.8. The molecule has 25 heavy (non-hydrogen) atoms. The quantitative estimate of drug-likeness (QED) is 0.482. The third kappa shape index (κ3) is 4.04. The van der Waals surface area contributed by atoms with Crippen molar-refractivity contribution in [2.24, 2.45) is 0 Å². The van der Waals surface area contributed by atoms with E-state index in [1.54, 1.807) is 6.08 Å². The highest BCUT2D eigenvalue weighted by atomic mass is 16.1. The smallest absolute Gasteiger partial charge is 0.186 e. The summed E-state index contributed by atoms with van der Waals surface area (Å²) in [6.07, 6.45) is 1.73. The van der Waals surface area contributed by atoms with E-state index >= 15 is 0 Å². The summed E-state index contributed by atoms with van der Waals surface area (Å²) in [5, 5.41) is 0. The first-order valence-corrected chi connectivity index (χ1v) is 8.29. The largest absolute Gasteiger partial charge is 0.378 e. The van der Waals surface area contributed by atoms with Crippen molar-refractivity contribution in [3.05, 3.63) is 108 Å². The van der Waals surface area contributed by atoms with Gasteiger partial charge in [-0.1, -0.05) is 60.7 Å². The first kappa shape index (κ1) is 16.7. The summed E-state index contributed by atoms with van der Waals surface area (Å²) in [6.45, 7) is 0. The molecule has 0 aliphatic rings. The molecule has 0 atom stereocenters. The summed E-state index contributed by atoms with van der Waals surface area (Å²) >= 11 is 0. The summed E-state index contributed by atoms with van der Waals surface area (Å²) in [5.74, 6) is 0.00742. The molecule has 2 heteroatoms. The number of nitrogens with zero attached hydrogens (tertiary/aromatic N) is 1. The molecule has 0 bridgehead atoms. The molecule has 0 aliphatic heterocycles. The predicted molar refractivity (Wildman–Crippen MR) is 105 cm³/mol.